The van der Waals surface area contributed by atoms with E-state index < -0.39 is 11.9 Å². The normalized spacial score (nSPS) is 19.9. The molecule has 1 aliphatic heterocycles. The highest BCUT2D eigenvalue weighted by Gasteiger charge is 2.17. The predicted molar refractivity (Wildman–Crippen MR) is 77.3 cm³/mol. The standard InChI is InChI=1S/C11H16O4S2.CH4/c1-8-5-16-7-9(17-6-8)4-15-11(14)3-2-10(12)13;/h9H,1-7H2,(H,12,13);1H4/i;1D. The third-order valence-electron chi connectivity index (χ3n) is 2.11. The highest BCUT2D eigenvalue weighted by Crippen LogP contribution is 2.25. The lowest BCUT2D eigenvalue weighted by Crippen LogP contribution is -2.18. The average molecular weight is 293 g/mol. The number of hydrogen-bond acceptors (Lipinski definition) is 5. The third-order valence-corrected chi connectivity index (χ3v) is 4.92. The van der Waals surface area contributed by atoms with E-state index in [1.165, 1.54) is 13.0 Å². The maximum absolute atomic E-state index is 11.2. The van der Waals surface area contributed by atoms with E-state index >= 15 is 0 Å². The monoisotopic (exact) mass is 293 g/mol. The van der Waals surface area contributed by atoms with Crippen LogP contribution in [-0.4, -0.2) is 46.2 Å². The van der Waals surface area contributed by atoms with Crippen molar-refractivity contribution >= 4 is 35.5 Å². The van der Waals surface area contributed by atoms with Crippen molar-refractivity contribution in [1.29, 1.82) is 0 Å². The van der Waals surface area contributed by atoms with E-state index in [0.29, 0.717) is 6.61 Å². The first-order valence-corrected chi connectivity index (χ1v) is 7.51. The van der Waals surface area contributed by atoms with Gasteiger partial charge in [0.1, 0.15) is 6.61 Å². The summed E-state index contributed by atoms with van der Waals surface area (Å²) >= 11 is 3.54. The molecule has 1 unspecified atom stereocenters. The van der Waals surface area contributed by atoms with Crippen LogP contribution in [0.4, 0.5) is 0 Å². The summed E-state index contributed by atoms with van der Waals surface area (Å²) in [6.07, 6.45) is -0.214. The van der Waals surface area contributed by atoms with Crippen LogP contribution in [0.25, 0.3) is 0 Å². The molecule has 1 fully saturated rings. The van der Waals surface area contributed by atoms with E-state index in [-0.39, 0.29) is 18.1 Å². The Hall–Kier alpha value is -0.620. The van der Waals surface area contributed by atoms with Gasteiger partial charge in [-0.2, -0.15) is 11.8 Å². The zero-order valence-corrected chi connectivity index (χ0v) is 12.1. The largest absolute Gasteiger partial charge is 0.481 e. The second-order valence-corrected chi connectivity index (χ2v) is 6.09. The molecule has 0 spiro atoms. The fourth-order valence-electron chi connectivity index (χ4n) is 1.22. The summed E-state index contributed by atoms with van der Waals surface area (Å²) in [4.78, 5) is 21.5. The van der Waals surface area contributed by atoms with Crippen molar-refractivity contribution in [3.8, 4) is 0 Å². The molecule has 0 aromatic heterocycles. The number of rotatable bonds is 5. The number of aliphatic carboxylic acids is 1. The summed E-state index contributed by atoms with van der Waals surface area (Å²) < 4.78 is 10.8. The molecule has 0 aliphatic carbocycles. The topological polar surface area (TPSA) is 63.6 Å². The number of carboxylic acid groups (broad SMARTS) is 1. The molecule has 1 rings (SSSR count). The highest BCUT2D eigenvalue weighted by atomic mass is 32.2. The Morgan fingerprint density at radius 3 is 2.89 bits per heavy atom. The molecular weight excluding hydrogens is 272 g/mol. The Labute approximate surface area is 118 Å². The Morgan fingerprint density at radius 1 is 1.50 bits per heavy atom. The van der Waals surface area contributed by atoms with Crippen LogP contribution in [0, 0.1) is 0 Å². The Kier molecular flexibility index (Phi) is 8.00. The first-order valence-electron chi connectivity index (χ1n) is 6.31. The zero-order valence-electron chi connectivity index (χ0n) is 11.5. The van der Waals surface area contributed by atoms with E-state index in [9.17, 15) is 9.59 Å². The van der Waals surface area contributed by atoms with Crippen LogP contribution in [0.3, 0.4) is 0 Å². The van der Waals surface area contributed by atoms with Gasteiger partial charge in [0.25, 0.3) is 0 Å². The third kappa shape index (κ3) is 7.66. The molecular formula is C12H20O4S2. The molecule has 6 heteroatoms. The van der Waals surface area contributed by atoms with Crippen molar-refractivity contribution in [3.63, 3.8) is 0 Å². The lowest BCUT2D eigenvalue weighted by atomic mass is 10.3. The second-order valence-electron chi connectivity index (χ2n) is 3.77. The van der Waals surface area contributed by atoms with Crippen molar-refractivity contribution in [2.45, 2.75) is 25.5 Å². The van der Waals surface area contributed by atoms with Crippen molar-refractivity contribution in [1.82, 2.24) is 0 Å². The lowest BCUT2D eigenvalue weighted by Gasteiger charge is -2.12. The van der Waals surface area contributed by atoms with Crippen molar-refractivity contribution in [2.24, 2.45) is 0 Å². The minimum absolute atomic E-state index is 0.0490. The fraction of sp³-hybridized carbons (Fsp3) is 0.667. The van der Waals surface area contributed by atoms with Crippen LogP contribution in [-0.2, 0) is 14.3 Å². The van der Waals surface area contributed by atoms with Crippen LogP contribution in [0.5, 0.6) is 0 Å². The average Bonchev–Trinajstić information content (AvgIpc) is 2.61. The van der Waals surface area contributed by atoms with E-state index in [0.717, 1.165) is 17.3 Å². The number of carbonyl (C=O) groups excluding carboxylic acids is 1. The van der Waals surface area contributed by atoms with Crippen LogP contribution in [0.1, 0.15) is 21.6 Å². The molecule has 4 nitrogen and oxygen atoms in total. The van der Waals surface area contributed by atoms with E-state index in [1.807, 2.05) is 0 Å². The zero-order chi connectivity index (χ0) is 14.7. The van der Waals surface area contributed by atoms with Crippen LogP contribution in [0.15, 0.2) is 12.2 Å². The first-order chi connectivity index (χ1) is 9.08. The summed E-state index contributed by atoms with van der Waals surface area (Å²) in [6.45, 7) is 4.30. The smallest absolute Gasteiger partial charge is 0.306 e. The second kappa shape index (κ2) is 9.33. The van der Waals surface area contributed by atoms with Gasteiger partial charge in [0.15, 0.2) is 0 Å². The molecule has 1 atom stereocenters. The maximum Gasteiger partial charge on any atom is 0.306 e. The van der Waals surface area contributed by atoms with Gasteiger partial charge in [-0.15, -0.1) is 11.8 Å². The molecule has 1 saturated heterocycles. The maximum atomic E-state index is 11.2. The summed E-state index contributed by atoms with van der Waals surface area (Å²) in [5, 5.41) is 8.71. The molecule has 104 valence electrons. The fourth-order valence-corrected chi connectivity index (χ4v) is 3.63. The van der Waals surface area contributed by atoms with Crippen LogP contribution in [0.2, 0.25) is 0 Å². The van der Waals surface area contributed by atoms with Gasteiger partial charge >= 0.3 is 11.9 Å². The van der Waals surface area contributed by atoms with Crippen LogP contribution >= 0.6 is 23.5 Å². The first kappa shape index (κ1) is 15.4. The molecule has 0 aromatic carbocycles. The molecule has 1 heterocycles. The molecule has 0 bridgehead atoms. The Morgan fingerprint density at radius 2 is 2.22 bits per heavy atom. The summed E-state index contributed by atoms with van der Waals surface area (Å²) in [5.74, 6) is 1.41. The highest BCUT2D eigenvalue weighted by molar-refractivity contribution is 8.04. The van der Waals surface area contributed by atoms with Crippen molar-refractivity contribution in [2.75, 3.05) is 23.9 Å². The molecule has 1 N–H and O–H groups in total. The Balaban J connectivity index is 0.00000154. The van der Waals surface area contributed by atoms with Crippen molar-refractivity contribution < 1.29 is 20.8 Å². The minimum atomic E-state index is -0.974. The molecule has 0 radical (unpaired) electrons. The predicted octanol–water partition coefficient (Wildman–Crippen LogP) is 2.44. The van der Waals surface area contributed by atoms with Gasteiger partial charge in [-0.25, -0.2) is 0 Å². The molecule has 0 aromatic rings. The molecule has 18 heavy (non-hydrogen) atoms. The van der Waals surface area contributed by atoms with E-state index in [1.54, 1.807) is 23.5 Å². The number of esters is 1. The van der Waals surface area contributed by atoms with E-state index in [4.69, 9.17) is 11.2 Å². The van der Waals surface area contributed by atoms with Gasteiger partial charge < -0.3 is 9.84 Å². The minimum Gasteiger partial charge on any atom is -0.481 e. The molecule has 0 amide bonds. The molecule has 1 aliphatic rings. The summed E-state index contributed by atoms with van der Waals surface area (Å²) in [5.41, 5.74) is 1.21. The summed E-state index contributed by atoms with van der Waals surface area (Å²) in [7, 11) is 1.25. The lowest BCUT2D eigenvalue weighted by molar-refractivity contribution is -0.147. The van der Waals surface area contributed by atoms with Gasteiger partial charge in [-0.1, -0.05) is 19.6 Å². The van der Waals surface area contributed by atoms with Gasteiger partial charge in [0.2, 0.25) is 0 Å². The van der Waals surface area contributed by atoms with Gasteiger partial charge in [-0.3, -0.25) is 9.59 Å². The van der Waals surface area contributed by atoms with Crippen LogP contribution < -0.4 is 0 Å². The number of thioether (sulfide) groups is 2. The SMILES string of the molecule is C=C1CSCC(COC(=O)CCC(=O)O)SC1.[2H]C. The van der Waals surface area contributed by atoms with Gasteiger partial charge in [-0.05, 0) is 0 Å². The molecule has 0 saturated carbocycles. The van der Waals surface area contributed by atoms with Gasteiger partial charge in [0.05, 0.1) is 12.8 Å². The number of carbonyl (C=O) groups is 2. The summed E-state index contributed by atoms with van der Waals surface area (Å²) in [6, 6.07) is 0. The van der Waals surface area contributed by atoms with Crippen molar-refractivity contribution in [3.05, 3.63) is 12.2 Å². The number of hydrogen-bond donors (Lipinski definition) is 1. The Bertz CT molecular complexity index is 310. The van der Waals surface area contributed by atoms with Gasteiger partial charge in [0, 0.05) is 23.9 Å². The quantitative estimate of drug-likeness (QED) is 0.620. The number of ether oxygens (including phenoxy) is 1. The number of carboxylic acids is 1. The van der Waals surface area contributed by atoms with E-state index in [2.05, 4.69) is 6.58 Å².